The Bertz CT molecular complexity index is 157. The van der Waals surface area contributed by atoms with Crippen LogP contribution in [0.15, 0.2) is 12.2 Å². The lowest BCUT2D eigenvalue weighted by atomic mass is 10.5. The smallest absolute Gasteiger partial charge is 0.355 e. The highest BCUT2D eigenvalue weighted by Crippen LogP contribution is 2.29. The fraction of sp³-hybridized carbons (Fsp3) is 0.500. The summed E-state index contributed by atoms with van der Waals surface area (Å²) in [5, 5.41) is 2.29. The molecule has 0 radical (unpaired) electrons. The van der Waals surface area contributed by atoms with Crippen LogP contribution in [-0.4, -0.2) is 24.2 Å². The molecule has 0 unspecified atom stereocenters. The fourth-order valence-corrected chi connectivity index (χ4v) is 0.831. The summed E-state index contributed by atoms with van der Waals surface area (Å²) in [6.45, 7) is 0.266. The van der Waals surface area contributed by atoms with Gasteiger partial charge in [0.1, 0.15) is 0 Å². The predicted molar refractivity (Wildman–Crippen MR) is 41.7 cm³/mol. The Labute approximate surface area is 72.2 Å². The average molecular weight is 199 g/mol. The number of halogens is 3. The van der Waals surface area contributed by atoms with Gasteiger partial charge >= 0.3 is 5.51 Å². The highest BCUT2D eigenvalue weighted by Gasteiger charge is 2.26. The van der Waals surface area contributed by atoms with Gasteiger partial charge in [-0.25, -0.2) is 0 Å². The fourth-order valence-electron chi connectivity index (χ4n) is 0.410. The number of hydrogen-bond acceptors (Lipinski definition) is 2. The van der Waals surface area contributed by atoms with Crippen molar-refractivity contribution in [1.82, 2.24) is 5.32 Å². The molecular weight excluding hydrogens is 191 g/mol. The predicted octanol–water partition coefficient (Wildman–Crippen LogP) is 1.54. The van der Waals surface area contributed by atoms with E-state index in [-0.39, 0.29) is 24.1 Å². The Kier molecular flexibility index (Phi) is 5.61. The summed E-state index contributed by atoms with van der Waals surface area (Å²) in [4.78, 5) is 9.67. The maximum Gasteiger partial charge on any atom is 0.442 e. The maximum atomic E-state index is 11.5. The van der Waals surface area contributed by atoms with Gasteiger partial charge in [-0.1, -0.05) is 12.2 Å². The van der Waals surface area contributed by atoms with Crippen LogP contribution in [0.2, 0.25) is 0 Å². The van der Waals surface area contributed by atoms with Crippen LogP contribution in [0.1, 0.15) is 0 Å². The molecular formula is C6H8F3NOS. The third-order valence-corrected chi connectivity index (χ3v) is 1.52. The van der Waals surface area contributed by atoms with Crippen LogP contribution in [0.4, 0.5) is 13.2 Å². The molecule has 0 rings (SSSR count). The minimum atomic E-state index is -4.18. The van der Waals surface area contributed by atoms with Crippen molar-refractivity contribution in [1.29, 1.82) is 0 Å². The molecule has 0 bridgehead atoms. The molecule has 0 spiro atoms. The van der Waals surface area contributed by atoms with Gasteiger partial charge in [-0.3, -0.25) is 4.79 Å². The summed E-state index contributed by atoms with van der Waals surface area (Å²) >= 11 is -0.111. The molecule has 2 nitrogen and oxygen atoms in total. The van der Waals surface area contributed by atoms with Crippen molar-refractivity contribution in [2.24, 2.45) is 0 Å². The summed E-state index contributed by atoms with van der Waals surface area (Å²) in [7, 11) is 0. The highest BCUT2D eigenvalue weighted by atomic mass is 32.2. The molecule has 0 heterocycles. The van der Waals surface area contributed by atoms with Crippen molar-refractivity contribution in [2.45, 2.75) is 5.51 Å². The second-order valence-electron chi connectivity index (χ2n) is 1.75. The first-order valence-electron chi connectivity index (χ1n) is 3.09. The highest BCUT2D eigenvalue weighted by molar-refractivity contribution is 8.00. The zero-order chi connectivity index (χ0) is 9.45. The van der Waals surface area contributed by atoms with Crippen molar-refractivity contribution < 1.29 is 18.0 Å². The van der Waals surface area contributed by atoms with E-state index in [0.29, 0.717) is 6.41 Å². The van der Waals surface area contributed by atoms with Crippen LogP contribution in [-0.2, 0) is 4.79 Å². The zero-order valence-corrected chi connectivity index (χ0v) is 6.91. The van der Waals surface area contributed by atoms with Crippen LogP contribution >= 0.6 is 11.8 Å². The van der Waals surface area contributed by atoms with Crippen molar-refractivity contribution in [3.8, 4) is 0 Å². The molecule has 0 fully saturated rings. The van der Waals surface area contributed by atoms with E-state index in [1.165, 1.54) is 12.2 Å². The third-order valence-electron chi connectivity index (χ3n) is 0.829. The number of carbonyl (C=O) groups excluding carboxylic acids is 1. The molecule has 6 heteroatoms. The second-order valence-corrected chi connectivity index (χ2v) is 2.84. The van der Waals surface area contributed by atoms with Gasteiger partial charge in [0.15, 0.2) is 0 Å². The molecule has 0 aliphatic rings. The van der Waals surface area contributed by atoms with Gasteiger partial charge < -0.3 is 5.32 Å². The molecule has 0 aliphatic carbocycles. The van der Waals surface area contributed by atoms with Gasteiger partial charge in [-0.05, 0) is 11.8 Å². The van der Waals surface area contributed by atoms with E-state index >= 15 is 0 Å². The topological polar surface area (TPSA) is 29.1 Å². The van der Waals surface area contributed by atoms with Gasteiger partial charge in [0.05, 0.1) is 0 Å². The van der Waals surface area contributed by atoms with Crippen LogP contribution in [0.5, 0.6) is 0 Å². The standard InChI is InChI=1S/C6H8F3NOS/c7-6(8,9)12-4-2-1-3-10-5-11/h1-2,5H,3-4H2,(H,10,11). The average Bonchev–Trinajstić information content (AvgIpc) is 1.94. The van der Waals surface area contributed by atoms with E-state index in [2.05, 4.69) is 5.32 Å². The summed E-state index contributed by atoms with van der Waals surface area (Å²) in [6, 6.07) is 0. The lowest BCUT2D eigenvalue weighted by Gasteiger charge is -2.00. The number of amides is 1. The molecule has 0 aromatic rings. The molecule has 0 aliphatic heterocycles. The molecule has 0 saturated carbocycles. The molecule has 1 amide bonds. The molecule has 12 heavy (non-hydrogen) atoms. The first-order chi connectivity index (χ1) is 5.56. The summed E-state index contributed by atoms with van der Waals surface area (Å²) in [5.74, 6) is -0.121. The number of nitrogens with one attached hydrogen (secondary N) is 1. The number of hydrogen-bond donors (Lipinski definition) is 1. The minimum Gasteiger partial charge on any atom is -0.355 e. The number of alkyl halides is 3. The lowest BCUT2D eigenvalue weighted by molar-refractivity contribution is -0.109. The monoisotopic (exact) mass is 199 g/mol. The molecule has 0 saturated heterocycles. The second kappa shape index (κ2) is 5.93. The maximum absolute atomic E-state index is 11.5. The summed E-state index contributed by atoms with van der Waals surface area (Å²) in [5.41, 5.74) is -4.18. The first kappa shape index (κ1) is 11.4. The van der Waals surface area contributed by atoms with E-state index in [1.807, 2.05) is 0 Å². The lowest BCUT2D eigenvalue weighted by Crippen LogP contribution is -2.09. The largest absolute Gasteiger partial charge is 0.442 e. The van der Waals surface area contributed by atoms with E-state index < -0.39 is 5.51 Å². The van der Waals surface area contributed by atoms with Crippen molar-refractivity contribution in [3.05, 3.63) is 12.2 Å². The van der Waals surface area contributed by atoms with Crippen LogP contribution < -0.4 is 5.32 Å². The molecule has 0 atom stereocenters. The van der Waals surface area contributed by atoms with Crippen molar-refractivity contribution in [2.75, 3.05) is 12.3 Å². The Morgan fingerprint density at radius 2 is 2.00 bits per heavy atom. The Balaban J connectivity index is 3.30. The van der Waals surface area contributed by atoms with Gasteiger partial charge in [-0.15, -0.1) is 0 Å². The number of rotatable bonds is 5. The molecule has 1 N–H and O–H groups in total. The quantitative estimate of drug-likeness (QED) is 0.413. The Morgan fingerprint density at radius 3 is 2.50 bits per heavy atom. The van der Waals surface area contributed by atoms with Crippen molar-refractivity contribution in [3.63, 3.8) is 0 Å². The summed E-state index contributed by atoms with van der Waals surface area (Å²) in [6.07, 6.45) is 3.31. The number of thioether (sulfide) groups is 1. The van der Waals surface area contributed by atoms with E-state index in [1.54, 1.807) is 0 Å². The van der Waals surface area contributed by atoms with Gasteiger partial charge in [0.2, 0.25) is 6.41 Å². The van der Waals surface area contributed by atoms with E-state index in [0.717, 1.165) is 0 Å². The molecule has 0 aromatic carbocycles. The number of carbonyl (C=O) groups is 1. The van der Waals surface area contributed by atoms with Gasteiger partial charge in [-0.2, -0.15) is 13.2 Å². The van der Waals surface area contributed by atoms with Crippen LogP contribution in [0.25, 0.3) is 0 Å². The SMILES string of the molecule is O=CNCC=CCSC(F)(F)F. The Morgan fingerprint density at radius 1 is 1.33 bits per heavy atom. The van der Waals surface area contributed by atoms with Gasteiger partial charge in [0.25, 0.3) is 0 Å². The molecule has 0 aromatic heterocycles. The van der Waals surface area contributed by atoms with Crippen LogP contribution in [0, 0.1) is 0 Å². The van der Waals surface area contributed by atoms with Crippen molar-refractivity contribution >= 4 is 18.2 Å². The molecule has 70 valence electrons. The Hall–Kier alpha value is -0.650. The van der Waals surface area contributed by atoms with E-state index in [4.69, 9.17) is 0 Å². The van der Waals surface area contributed by atoms with Crippen LogP contribution in [0.3, 0.4) is 0 Å². The summed E-state index contributed by atoms with van der Waals surface area (Å²) < 4.78 is 34.5. The normalized spacial score (nSPS) is 11.9. The van der Waals surface area contributed by atoms with E-state index in [9.17, 15) is 18.0 Å². The zero-order valence-electron chi connectivity index (χ0n) is 6.10. The first-order valence-corrected chi connectivity index (χ1v) is 4.07. The third kappa shape index (κ3) is 9.35. The van der Waals surface area contributed by atoms with Gasteiger partial charge in [0, 0.05) is 12.3 Å². The minimum absolute atomic E-state index is 0.111.